The fourth-order valence-corrected chi connectivity index (χ4v) is 5.66. The van der Waals surface area contributed by atoms with Gasteiger partial charge in [0.1, 0.15) is 23.3 Å². The molecule has 2 aliphatic rings. The minimum absolute atomic E-state index is 0.461. The summed E-state index contributed by atoms with van der Waals surface area (Å²) in [5.41, 5.74) is 0.177. The van der Waals surface area contributed by atoms with Crippen molar-refractivity contribution >= 4 is 0 Å². The van der Waals surface area contributed by atoms with Gasteiger partial charge in [0.05, 0.1) is 6.10 Å². The van der Waals surface area contributed by atoms with Crippen LogP contribution in [0.5, 0.6) is 0 Å². The van der Waals surface area contributed by atoms with E-state index in [1.807, 2.05) is 0 Å². The summed E-state index contributed by atoms with van der Waals surface area (Å²) in [6.45, 7) is 3.00. The molecule has 0 saturated heterocycles. The number of unbranched alkanes of at least 4 members (excludes halogenated alkanes) is 2. The maximum Gasteiger partial charge on any atom is 0.144 e. The molecule has 0 amide bonds. The first-order chi connectivity index (χ1) is 16.1. The Labute approximate surface area is 199 Å². The first-order valence-electron chi connectivity index (χ1n) is 13.2. The van der Waals surface area contributed by atoms with Crippen LogP contribution in [0.15, 0.2) is 24.3 Å². The Kier molecular flexibility index (Phi) is 10.9. The third-order valence-corrected chi connectivity index (χ3v) is 7.85. The van der Waals surface area contributed by atoms with Crippen LogP contribution in [-0.2, 0) is 11.2 Å². The monoisotopic (exact) mass is 457 g/mol. The van der Waals surface area contributed by atoms with Crippen molar-refractivity contribution in [2.45, 2.75) is 103 Å². The van der Waals surface area contributed by atoms with E-state index < -0.39 is 17.2 Å². The molecular weight excluding hydrogens is 416 g/mol. The molecule has 4 heteroatoms. The van der Waals surface area contributed by atoms with Crippen molar-refractivity contribution in [2.24, 2.45) is 17.8 Å². The van der Waals surface area contributed by atoms with Crippen LogP contribution in [0.4, 0.5) is 8.78 Å². The fraction of sp³-hybridized carbons (Fsp3) is 0.690. The normalized spacial score (nSPS) is 25.9. The largest absolute Gasteiger partial charge is 0.378 e. The molecule has 0 radical (unpaired) electrons. The third kappa shape index (κ3) is 8.53. The lowest BCUT2D eigenvalue weighted by molar-refractivity contribution is -0.0103. The van der Waals surface area contributed by atoms with E-state index in [-0.39, 0.29) is 0 Å². The van der Waals surface area contributed by atoms with Gasteiger partial charge in [0.2, 0.25) is 0 Å². The minimum Gasteiger partial charge on any atom is -0.378 e. The van der Waals surface area contributed by atoms with Gasteiger partial charge in [-0.1, -0.05) is 37.8 Å². The van der Waals surface area contributed by atoms with Gasteiger partial charge in [-0.05, 0) is 107 Å². The topological polar surface area (TPSA) is 33.0 Å². The number of nitrogens with zero attached hydrogens (tertiary/aromatic N) is 1. The highest BCUT2D eigenvalue weighted by Crippen LogP contribution is 2.34. The number of ether oxygens (including phenoxy) is 1. The van der Waals surface area contributed by atoms with E-state index >= 15 is 0 Å². The van der Waals surface area contributed by atoms with Gasteiger partial charge in [0.25, 0.3) is 0 Å². The molecule has 33 heavy (non-hydrogen) atoms. The summed E-state index contributed by atoms with van der Waals surface area (Å²) in [6.07, 6.45) is 21.7. The zero-order valence-corrected chi connectivity index (χ0v) is 20.3. The summed E-state index contributed by atoms with van der Waals surface area (Å²) in [5, 5.41) is 8.80. The van der Waals surface area contributed by atoms with Crippen molar-refractivity contribution in [3.05, 3.63) is 47.0 Å². The second kappa shape index (κ2) is 13.9. The molecule has 1 aromatic rings. The van der Waals surface area contributed by atoms with Gasteiger partial charge < -0.3 is 4.74 Å². The molecular formula is C29H41F2NO. The van der Waals surface area contributed by atoms with Crippen LogP contribution in [0.3, 0.4) is 0 Å². The number of aryl methyl sites for hydroxylation is 1. The summed E-state index contributed by atoms with van der Waals surface area (Å²) in [4.78, 5) is 0. The molecule has 2 aliphatic carbocycles. The van der Waals surface area contributed by atoms with Crippen LogP contribution < -0.4 is 0 Å². The number of nitriles is 1. The van der Waals surface area contributed by atoms with Gasteiger partial charge in [0, 0.05) is 6.61 Å². The highest BCUT2D eigenvalue weighted by molar-refractivity contribution is 5.35. The predicted octanol–water partition coefficient (Wildman–Crippen LogP) is 8.29. The average molecular weight is 458 g/mol. The van der Waals surface area contributed by atoms with Crippen LogP contribution in [0.25, 0.3) is 0 Å². The highest BCUT2D eigenvalue weighted by Gasteiger charge is 2.25. The molecule has 0 unspecified atom stereocenters. The number of hydrogen-bond donors (Lipinski definition) is 0. The molecule has 1 aromatic carbocycles. The fourth-order valence-electron chi connectivity index (χ4n) is 5.66. The Balaban J connectivity index is 1.27. The second-order valence-electron chi connectivity index (χ2n) is 10.3. The summed E-state index contributed by atoms with van der Waals surface area (Å²) in [6, 6.07) is 4.23. The molecule has 0 atom stereocenters. The Morgan fingerprint density at radius 3 is 2.15 bits per heavy atom. The van der Waals surface area contributed by atoms with Gasteiger partial charge in [-0.25, -0.2) is 8.78 Å². The summed E-state index contributed by atoms with van der Waals surface area (Å²) >= 11 is 0. The van der Waals surface area contributed by atoms with Crippen LogP contribution in [0, 0.1) is 40.7 Å². The van der Waals surface area contributed by atoms with Crippen molar-refractivity contribution in [2.75, 3.05) is 6.61 Å². The van der Waals surface area contributed by atoms with Crippen LogP contribution >= 0.6 is 0 Å². The summed E-state index contributed by atoms with van der Waals surface area (Å²) in [5.74, 6) is 0.698. The lowest BCUT2D eigenvalue weighted by Crippen LogP contribution is -2.26. The van der Waals surface area contributed by atoms with Gasteiger partial charge >= 0.3 is 0 Å². The standard InChI is InChI=1S/C29H41F2NO/c1-2-3-4-5-6-7-22-14-16-26(17-15-22)33-21-24-11-8-23(9-12-24)10-13-25-18-28(30)27(20-32)29(31)19-25/h2-3,18-19,22-24,26H,4-17,21H2,1H3/b3-2+. The maximum atomic E-state index is 13.8. The molecule has 2 fully saturated rings. The van der Waals surface area contributed by atoms with Crippen molar-refractivity contribution in [3.8, 4) is 6.07 Å². The highest BCUT2D eigenvalue weighted by atomic mass is 19.1. The van der Waals surface area contributed by atoms with Gasteiger partial charge in [0.15, 0.2) is 0 Å². The molecule has 2 saturated carbocycles. The van der Waals surface area contributed by atoms with Crippen molar-refractivity contribution in [1.29, 1.82) is 5.26 Å². The quantitative estimate of drug-likeness (QED) is 0.247. The molecule has 2 nitrogen and oxygen atoms in total. The second-order valence-corrected chi connectivity index (χ2v) is 10.3. The van der Waals surface area contributed by atoms with E-state index in [2.05, 4.69) is 19.1 Å². The van der Waals surface area contributed by atoms with Crippen LogP contribution in [0.1, 0.15) is 102 Å². The minimum atomic E-state index is -0.744. The third-order valence-electron chi connectivity index (χ3n) is 7.85. The molecule has 0 N–H and O–H groups in total. The number of rotatable bonds is 11. The van der Waals surface area contributed by atoms with Gasteiger partial charge in [-0.3, -0.25) is 0 Å². The zero-order chi connectivity index (χ0) is 23.5. The Bertz CT molecular complexity index is 760. The number of allylic oxidation sites excluding steroid dienone is 2. The van der Waals surface area contributed by atoms with Crippen LogP contribution in [0.2, 0.25) is 0 Å². The number of hydrogen-bond acceptors (Lipinski definition) is 2. The Hall–Kier alpha value is -1.73. The lowest BCUT2D eigenvalue weighted by Gasteiger charge is -2.32. The van der Waals surface area contributed by atoms with Crippen molar-refractivity contribution in [3.63, 3.8) is 0 Å². The maximum absolute atomic E-state index is 13.8. The molecule has 182 valence electrons. The van der Waals surface area contributed by atoms with Crippen LogP contribution in [-0.4, -0.2) is 12.7 Å². The van der Waals surface area contributed by atoms with Gasteiger partial charge in [-0.15, -0.1) is 0 Å². The lowest BCUT2D eigenvalue weighted by atomic mass is 9.79. The Morgan fingerprint density at radius 1 is 0.909 bits per heavy atom. The molecule has 0 bridgehead atoms. The van der Waals surface area contributed by atoms with E-state index in [0.29, 0.717) is 29.9 Å². The van der Waals surface area contributed by atoms with E-state index in [4.69, 9.17) is 10.00 Å². The first-order valence-corrected chi connectivity index (χ1v) is 13.2. The predicted molar refractivity (Wildman–Crippen MR) is 130 cm³/mol. The van der Waals surface area contributed by atoms with E-state index in [1.165, 1.54) is 89.2 Å². The average Bonchev–Trinajstić information content (AvgIpc) is 2.82. The van der Waals surface area contributed by atoms with E-state index in [9.17, 15) is 8.78 Å². The van der Waals surface area contributed by atoms with Crippen molar-refractivity contribution < 1.29 is 13.5 Å². The zero-order valence-electron chi connectivity index (χ0n) is 20.3. The molecule has 0 aliphatic heterocycles. The number of halogens is 2. The molecule has 0 heterocycles. The molecule has 3 rings (SSSR count). The SMILES string of the molecule is C/C=C/CCCCC1CCC(OCC2CCC(CCc3cc(F)c(C#N)c(F)c3)CC2)CC1. The van der Waals surface area contributed by atoms with Gasteiger partial charge in [-0.2, -0.15) is 5.26 Å². The van der Waals surface area contributed by atoms with Crippen molar-refractivity contribution in [1.82, 2.24) is 0 Å². The first kappa shape index (κ1) is 25.9. The van der Waals surface area contributed by atoms with E-state index in [0.717, 1.165) is 18.9 Å². The summed E-state index contributed by atoms with van der Waals surface area (Å²) in [7, 11) is 0. The molecule has 0 aromatic heterocycles. The summed E-state index contributed by atoms with van der Waals surface area (Å²) < 4.78 is 33.9. The Morgan fingerprint density at radius 2 is 1.52 bits per heavy atom. The molecule has 0 spiro atoms. The smallest absolute Gasteiger partial charge is 0.144 e. The number of benzene rings is 1. The van der Waals surface area contributed by atoms with E-state index in [1.54, 1.807) is 6.07 Å².